The van der Waals surface area contributed by atoms with E-state index in [2.05, 4.69) is 15.9 Å². The van der Waals surface area contributed by atoms with E-state index in [4.69, 9.17) is 4.18 Å². The molecule has 2 bridgehead atoms. The molecule has 4 nitrogen and oxygen atoms in total. The highest BCUT2D eigenvalue weighted by atomic mass is 79.9. The first-order valence-corrected chi connectivity index (χ1v) is 12.5. The first kappa shape index (κ1) is 19.0. The fourth-order valence-corrected chi connectivity index (χ4v) is 7.61. The molecule has 4 aliphatic rings. The number of carbonyl (C=O) groups excluding carboxylic acids is 1. The van der Waals surface area contributed by atoms with Crippen LogP contribution in [0.5, 0.6) is 0 Å². The summed E-state index contributed by atoms with van der Waals surface area (Å²) in [5.74, 6) is 2.59. The van der Waals surface area contributed by atoms with Crippen molar-refractivity contribution in [3.8, 4) is 0 Å². The largest absolute Gasteiger partial charge is 0.300 e. The van der Waals surface area contributed by atoms with Crippen LogP contribution in [0.2, 0.25) is 0 Å². The Labute approximate surface area is 175 Å². The van der Waals surface area contributed by atoms with Crippen molar-refractivity contribution < 1.29 is 17.4 Å². The van der Waals surface area contributed by atoms with E-state index in [1.807, 2.05) is 0 Å². The lowest BCUT2D eigenvalue weighted by Crippen LogP contribution is -2.32. The van der Waals surface area contributed by atoms with Gasteiger partial charge in [0.2, 0.25) is 0 Å². The van der Waals surface area contributed by atoms with Crippen molar-refractivity contribution in [3.63, 3.8) is 0 Å². The van der Waals surface area contributed by atoms with Crippen LogP contribution >= 0.6 is 15.9 Å². The van der Waals surface area contributed by atoms with Crippen LogP contribution in [0, 0.1) is 23.7 Å². The normalized spacial score (nSPS) is 34.9. The molecule has 0 heterocycles. The van der Waals surface area contributed by atoms with E-state index in [-0.39, 0.29) is 11.0 Å². The molecule has 5 rings (SSSR count). The number of hydrogen-bond donors (Lipinski definition) is 0. The molecule has 6 heteroatoms. The summed E-state index contributed by atoms with van der Waals surface area (Å²) in [6.45, 7) is 0. The lowest BCUT2D eigenvalue weighted by atomic mass is 9.80. The van der Waals surface area contributed by atoms with E-state index in [1.165, 1.54) is 12.0 Å². The van der Waals surface area contributed by atoms with E-state index in [0.717, 1.165) is 36.6 Å². The van der Waals surface area contributed by atoms with E-state index >= 15 is 0 Å². The Kier molecular flexibility index (Phi) is 4.80. The Bertz CT molecular complexity index is 922. The molecule has 0 saturated heterocycles. The Morgan fingerprint density at radius 1 is 0.857 bits per heavy atom. The molecule has 0 spiro atoms. The van der Waals surface area contributed by atoms with Crippen molar-refractivity contribution in [1.29, 1.82) is 0 Å². The van der Waals surface area contributed by atoms with Gasteiger partial charge in [0.25, 0.3) is 10.1 Å². The van der Waals surface area contributed by atoms with Gasteiger partial charge in [0.1, 0.15) is 5.78 Å². The summed E-state index contributed by atoms with van der Waals surface area (Å²) in [5.41, 5.74) is 3.10. The topological polar surface area (TPSA) is 60.4 Å². The second-order valence-corrected chi connectivity index (χ2v) is 11.4. The van der Waals surface area contributed by atoms with E-state index in [1.54, 1.807) is 29.8 Å². The monoisotopic (exact) mass is 464 g/mol. The number of ketones is 1. The molecule has 150 valence electrons. The van der Waals surface area contributed by atoms with Crippen molar-refractivity contribution in [2.24, 2.45) is 23.7 Å². The Morgan fingerprint density at radius 2 is 1.54 bits per heavy atom. The molecule has 0 radical (unpaired) electrons. The van der Waals surface area contributed by atoms with E-state index in [9.17, 15) is 13.2 Å². The minimum atomic E-state index is -3.72. The second-order valence-electron chi connectivity index (χ2n) is 8.92. The number of hydrogen-bond acceptors (Lipinski definition) is 4. The predicted octanol–water partition coefficient (Wildman–Crippen LogP) is 5.03. The van der Waals surface area contributed by atoms with Crippen LogP contribution in [-0.4, -0.2) is 20.3 Å². The van der Waals surface area contributed by atoms with Crippen LogP contribution in [0.25, 0.3) is 0 Å². The molecule has 0 aromatic heterocycles. The third kappa shape index (κ3) is 3.31. The number of allylic oxidation sites excluding steroid dienone is 2. The first-order valence-electron chi connectivity index (χ1n) is 10.3. The third-order valence-electron chi connectivity index (χ3n) is 7.52. The second kappa shape index (κ2) is 7.06. The van der Waals surface area contributed by atoms with E-state index < -0.39 is 10.1 Å². The molecule has 5 atom stereocenters. The smallest absolute Gasteiger partial charge is 0.297 e. The molecular weight excluding hydrogens is 440 g/mol. The fourth-order valence-electron chi connectivity index (χ4n) is 6.21. The van der Waals surface area contributed by atoms with Gasteiger partial charge in [-0.25, -0.2) is 0 Å². The van der Waals surface area contributed by atoms with Crippen molar-refractivity contribution in [1.82, 2.24) is 0 Å². The predicted molar refractivity (Wildman–Crippen MR) is 109 cm³/mol. The quantitative estimate of drug-likeness (QED) is 0.464. The van der Waals surface area contributed by atoms with Gasteiger partial charge in [-0.15, -0.1) is 0 Å². The van der Waals surface area contributed by atoms with Gasteiger partial charge in [-0.05, 0) is 86.5 Å². The van der Waals surface area contributed by atoms with E-state index in [0.29, 0.717) is 42.3 Å². The molecule has 4 fully saturated rings. The lowest BCUT2D eigenvalue weighted by molar-refractivity contribution is -0.119. The summed E-state index contributed by atoms with van der Waals surface area (Å²) in [6.07, 6.45) is 7.35. The number of fused-ring (bicyclic) bond motifs is 5. The van der Waals surface area contributed by atoms with Crippen LogP contribution in [0.3, 0.4) is 0 Å². The summed E-state index contributed by atoms with van der Waals surface area (Å²) in [7, 11) is -3.72. The van der Waals surface area contributed by atoms with Crippen molar-refractivity contribution in [2.75, 3.05) is 0 Å². The summed E-state index contributed by atoms with van der Waals surface area (Å²) in [4.78, 5) is 11.8. The zero-order valence-electron chi connectivity index (χ0n) is 15.8. The molecule has 28 heavy (non-hydrogen) atoms. The minimum absolute atomic E-state index is 0.183. The van der Waals surface area contributed by atoms with Gasteiger partial charge in [-0.3, -0.25) is 8.98 Å². The first-order chi connectivity index (χ1) is 13.4. The highest BCUT2D eigenvalue weighted by molar-refractivity contribution is 9.10. The maximum absolute atomic E-state index is 12.7. The van der Waals surface area contributed by atoms with Crippen molar-refractivity contribution in [3.05, 3.63) is 39.9 Å². The van der Waals surface area contributed by atoms with Crippen LogP contribution in [0.15, 0.2) is 44.8 Å². The average molecular weight is 465 g/mol. The lowest BCUT2D eigenvalue weighted by Gasteiger charge is -2.30. The Morgan fingerprint density at radius 3 is 2.25 bits per heavy atom. The highest BCUT2D eigenvalue weighted by Crippen LogP contribution is 2.61. The maximum atomic E-state index is 12.7. The van der Waals surface area contributed by atoms with Gasteiger partial charge >= 0.3 is 0 Å². The molecule has 0 aliphatic heterocycles. The van der Waals surface area contributed by atoms with Crippen molar-refractivity contribution >= 4 is 31.8 Å². The van der Waals surface area contributed by atoms with Gasteiger partial charge in [-0.2, -0.15) is 8.42 Å². The molecule has 4 saturated carbocycles. The number of halogens is 1. The average Bonchev–Trinajstić information content (AvgIpc) is 3.34. The Balaban J connectivity index is 1.30. The highest BCUT2D eigenvalue weighted by Gasteiger charge is 2.56. The molecule has 0 N–H and O–H groups in total. The van der Waals surface area contributed by atoms with Crippen LogP contribution in [0.1, 0.15) is 51.4 Å². The Hall–Kier alpha value is -0.980. The SMILES string of the molecule is O=C1CCC(=C2CC3C(C2)[C@@H]2C[C@H]3C[C@H]2OS(=O)(=O)c2ccc(Br)cc2)CC1. The zero-order chi connectivity index (χ0) is 19.5. The van der Waals surface area contributed by atoms with Gasteiger partial charge < -0.3 is 0 Å². The fraction of sp³-hybridized carbons (Fsp3) is 0.591. The number of benzene rings is 1. The minimum Gasteiger partial charge on any atom is -0.300 e. The molecular formula is C22H25BrO4S. The third-order valence-corrected chi connectivity index (χ3v) is 9.40. The summed E-state index contributed by atoms with van der Waals surface area (Å²) < 4.78 is 32.1. The standard InChI is InChI=1S/C22H25BrO4S/c23-16-3-7-18(8-4-16)28(25,26)27-22-12-15-11-21(22)20-10-14(9-19(15)20)13-1-5-17(24)6-2-13/h3-4,7-8,15,19-22H,1-2,5-6,9-12H2/t15-,19?,20?,21-,22+/m0/s1. The number of Topliss-reactive ketones (excluding diaryl/α,β-unsaturated/α-hetero) is 1. The van der Waals surface area contributed by atoms with Gasteiger partial charge in [-0.1, -0.05) is 27.1 Å². The summed E-state index contributed by atoms with van der Waals surface area (Å²) in [5, 5.41) is 0. The molecule has 1 aromatic rings. The van der Waals surface area contributed by atoms with Gasteiger partial charge in [0.15, 0.2) is 0 Å². The van der Waals surface area contributed by atoms with Gasteiger partial charge in [0, 0.05) is 17.3 Å². The van der Waals surface area contributed by atoms with Crippen LogP contribution in [0.4, 0.5) is 0 Å². The molecule has 2 unspecified atom stereocenters. The molecule has 4 aliphatic carbocycles. The van der Waals surface area contributed by atoms with Crippen LogP contribution in [-0.2, 0) is 19.1 Å². The molecule has 1 aromatic carbocycles. The molecule has 0 amide bonds. The summed E-state index contributed by atoms with van der Waals surface area (Å²) in [6, 6.07) is 6.66. The maximum Gasteiger partial charge on any atom is 0.297 e. The van der Waals surface area contributed by atoms with Crippen molar-refractivity contribution in [2.45, 2.75) is 62.4 Å². The number of rotatable bonds is 3. The number of carbonyl (C=O) groups is 1. The van der Waals surface area contributed by atoms with Gasteiger partial charge in [0.05, 0.1) is 11.0 Å². The van der Waals surface area contributed by atoms with Crippen LogP contribution < -0.4 is 0 Å². The zero-order valence-corrected chi connectivity index (χ0v) is 18.2. The summed E-state index contributed by atoms with van der Waals surface area (Å²) >= 11 is 3.34.